The molecular weight excluding hydrogens is 398 g/mol. The molecule has 162 valence electrons. The Morgan fingerprint density at radius 3 is 2.03 bits per heavy atom. The van der Waals surface area contributed by atoms with Gasteiger partial charge in [0.05, 0.1) is 0 Å². The summed E-state index contributed by atoms with van der Waals surface area (Å²) >= 11 is 6.00. The van der Waals surface area contributed by atoms with Gasteiger partial charge >= 0.3 is 0 Å². The van der Waals surface area contributed by atoms with Crippen LogP contribution in [0.3, 0.4) is 0 Å². The number of hydrogen-bond donors (Lipinski definition) is 1. The number of hydrogen-bond acceptors (Lipinski definition) is 3. The van der Waals surface area contributed by atoms with E-state index in [-0.39, 0.29) is 17.2 Å². The van der Waals surface area contributed by atoms with Crippen molar-refractivity contribution in [2.24, 2.45) is 23.2 Å². The lowest BCUT2D eigenvalue weighted by atomic mass is 9.47. The van der Waals surface area contributed by atoms with Gasteiger partial charge in [-0.25, -0.2) is 0 Å². The second-order valence-corrected chi connectivity index (χ2v) is 10.8. The van der Waals surface area contributed by atoms with Gasteiger partial charge in [0, 0.05) is 42.2 Å². The standard InChI is InChI=1S/C24H32ClN3O2/c1-27-6-8-28(9-7-27)23(30)21(26-22(29)19-2-4-20(25)5-3-19)24-13-16-10-17(14-24)12-18(11-16)15-24/h2-5,16-18,21H,6-15H2,1H3,(H,26,29). The summed E-state index contributed by atoms with van der Waals surface area (Å²) in [6.45, 7) is 3.28. The molecule has 1 aliphatic heterocycles. The minimum absolute atomic E-state index is 0.0722. The second kappa shape index (κ2) is 7.83. The molecule has 0 aromatic heterocycles. The Morgan fingerprint density at radius 2 is 1.50 bits per heavy atom. The quantitative estimate of drug-likeness (QED) is 0.797. The molecule has 1 heterocycles. The fourth-order valence-electron chi connectivity index (χ4n) is 7.03. The highest BCUT2D eigenvalue weighted by atomic mass is 35.5. The minimum atomic E-state index is -0.419. The van der Waals surface area contributed by atoms with Crippen LogP contribution in [0.5, 0.6) is 0 Å². The second-order valence-electron chi connectivity index (χ2n) is 10.3. The molecule has 1 N–H and O–H groups in total. The van der Waals surface area contributed by atoms with E-state index in [9.17, 15) is 9.59 Å². The largest absolute Gasteiger partial charge is 0.340 e. The third-order valence-corrected chi connectivity index (χ3v) is 8.39. The topological polar surface area (TPSA) is 52.6 Å². The molecule has 5 aliphatic rings. The van der Waals surface area contributed by atoms with E-state index in [4.69, 9.17) is 11.6 Å². The molecule has 5 fully saturated rings. The molecule has 1 aromatic rings. The SMILES string of the molecule is CN1CCN(C(=O)C(NC(=O)c2ccc(Cl)cc2)C23CC4CC(CC(C4)C2)C3)CC1. The van der Waals surface area contributed by atoms with Gasteiger partial charge in [-0.15, -0.1) is 0 Å². The van der Waals surface area contributed by atoms with Crippen LogP contribution < -0.4 is 5.32 Å². The van der Waals surface area contributed by atoms with Gasteiger partial charge in [-0.2, -0.15) is 0 Å². The van der Waals surface area contributed by atoms with Crippen LogP contribution in [-0.2, 0) is 4.79 Å². The van der Waals surface area contributed by atoms with Gasteiger partial charge in [-0.05, 0) is 87.6 Å². The van der Waals surface area contributed by atoms with Crippen molar-refractivity contribution in [1.29, 1.82) is 0 Å². The fourth-order valence-corrected chi connectivity index (χ4v) is 7.16. The van der Waals surface area contributed by atoms with E-state index in [0.717, 1.165) is 63.2 Å². The fraction of sp³-hybridized carbons (Fsp3) is 0.667. The van der Waals surface area contributed by atoms with E-state index >= 15 is 0 Å². The van der Waals surface area contributed by atoms with Crippen molar-refractivity contribution in [2.75, 3.05) is 33.2 Å². The first kappa shape index (κ1) is 20.3. The maximum atomic E-state index is 13.8. The van der Waals surface area contributed by atoms with Gasteiger partial charge in [-0.1, -0.05) is 11.6 Å². The number of amides is 2. The van der Waals surface area contributed by atoms with Crippen LogP contribution in [0.4, 0.5) is 0 Å². The Hall–Kier alpha value is -1.59. The zero-order valence-corrected chi connectivity index (χ0v) is 18.5. The van der Waals surface area contributed by atoms with Gasteiger partial charge in [-0.3, -0.25) is 9.59 Å². The van der Waals surface area contributed by atoms with E-state index in [1.807, 2.05) is 4.90 Å². The maximum absolute atomic E-state index is 13.8. The van der Waals surface area contributed by atoms with Gasteiger partial charge in [0.1, 0.15) is 6.04 Å². The molecule has 1 unspecified atom stereocenters. The molecule has 30 heavy (non-hydrogen) atoms. The number of piperazine rings is 1. The molecule has 1 saturated heterocycles. The number of nitrogens with one attached hydrogen (secondary N) is 1. The highest BCUT2D eigenvalue weighted by Crippen LogP contribution is 2.61. The molecule has 2 amide bonds. The Morgan fingerprint density at radius 1 is 0.967 bits per heavy atom. The summed E-state index contributed by atoms with van der Waals surface area (Å²) in [4.78, 5) is 31.2. The number of carbonyl (C=O) groups is 2. The van der Waals surface area contributed by atoms with Crippen LogP contribution >= 0.6 is 11.6 Å². The van der Waals surface area contributed by atoms with E-state index in [1.165, 1.54) is 19.3 Å². The van der Waals surface area contributed by atoms with Crippen molar-refractivity contribution in [2.45, 2.75) is 44.6 Å². The van der Waals surface area contributed by atoms with Crippen molar-refractivity contribution in [3.05, 3.63) is 34.9 Å². The predicted octanol–water partition coefficient (Wildman–Crippen LogP) is 3.43. The Labute approximate surface area is 184 Å². The van der Waals surface area contributed by atoms with Crippen molar-refractivity contribution in [3.8, 4) is 0 Å². The van der Waals surface area contributed by atoms with Crippen LogP contribution in [0, 0.1) is 23.2 Å². The number of carbonyl (C=O) groups excluding carboxylic acids is 2. The molecule has 4 aliphatic carbocycles. The zero-order chi connectivity index (χ0) is 20.9. The van der Waals surface area contributed by atoms with Crippen LogP contribution in [0.1, 0.15) is 48.9 Å². The molecule has 0 spiro atoms. The van der Waals surface area contributed by atoms with E-state index in [2.05, 4.69) is 17.3 Å². The first-order valence-electron chi connectivity index (χ1n) is 11.5. The first-order valence-corrected chi connectivity index (χ1v) is 11.8. The molecule has 1 aromatic carbocycles. The summed E-state index contributed by atoms with van der Waals surface area (Å²) in [5.74, 6) is 2.16. The predicted molar refractivity (Wildman–Crippen MR) is 117 cm³/mol. The Bertz CT molecular complexity index is 781. The van der Waals surface area contributed by atoms with Crippen molar-refractivity contribution in [3.63, 3.8) is 0 Å². The summed E-state index contributed by atoms with van der Waals surface area (Å²) < 4.78 is 0. The third-order valence-electron chi connectivity index (χ3n) is 8.14. The molecular formula is C24H32ClN3O2. The zero-order valence-electron chi connectivity index (χ0n) is 17.8. The number of nitrogens with zero attached hydrogens (tertiary/aromatic N) is 2. The van der Waals surface area contributed by atoms with Crippen LogP contribution in [0.25, 0.3) is 0 Å². The minimum Gasteiger partial charge on any atom is -0.340 e. The first-order chi connectivity index (χ1) is 14.4. The van der Waals surface area contributed by atoms with Crippen molar-refractivity contribution in [1.82, 2.24) is 15.1 Å². The van der Waals surface area contributed by atoms with Gasteiger partial charge < -0.3 is 15.1 Å². The maximum Gasteiger partial charge on any atom is 0.251 e. The number of halogens is 1. The third kappa shape index (κ3) is 3.75. The number of rotatable bonds is 4. The summed E-state index contributed by atoms with van der Waals surface area (Å²) in [5.41, 5.74) is 0.498. The molecule has 0 radical (unpaired) electrons. The van der Waals surface area contributed by atoms with Crippen molar-refractivity contribution < 1.29 is 9.59 Å². The average Bonchev–Trinajstić information content (AvgIpc) is 2.71. The highest BCUT2D eigenvalue weighted by molar-refractivity contribution is 6.30. The van der Waals surface area contributed by atoms with Gasteiger partial charge in [0.25, 0.3) is 5.91 Å². The lowest BCUT2D eigenvalue weighted by molar-refractivity contribution is -0.146. The lowest BCUT2D eigenvalue weighted by Crippen LogP contribution is -2.64. The molecule has 6 heteroatoms. The molecule has 4 bridgehead atoms. The van der Waals surface area contributed by atoms with E-state index in [0.29, 0.717) is 10.6 Å². The Kier molecular flexibility index (Phi) is 5.30. The van der Waals surface area contributed by atoms with Gasteiger partial charge in [0.15, 0.2) is 0 Å². The molecule has 1 atom stereocenters. The van der Waals surface area contributed by atoms with Crippen LogP contribution in [0.15, 0.2) is 24.3 Å². The highest BCUT2D eigenvalue weighted by Gasteiger charge is 2.57. The summed E-state index contributed by atoms with van der Waals surface area (Å²) in [6, 6.07) is 6.54. The lowest BCUT2D eigenvalue weighted by Gasteiger charge is -2.59. The molecule has 4 saturated carbocycles. The van der Waals surface area contributed by atoms with Crippen LogP contribution in [-0.4, -0.2) is 60.9 Å². The van der Waals surface area contributed by atoms with E-state index in [1.54, 1.807) is 24.3 Å². The number of likely N-dealkylation sites (N-methyl/N-ethyl adjacent to an activating group) is 1. The van der Waals surface area contributed by atoms with Crippen molar-refractivity contribution >= 4 is 23.4 Å². The summed E-state index contributed by atoms with van der Waals surface area (Å²) in [7, 11) is 2.10. The molecule has 5 nitrogen and oxygen atoms in total. The van der Waals surface area contributed by atoms with Crippen LogP contribution in [0.2, 0.25) is 5.02 Å². The van der Waals surface area contributed by atoms with E-state index < -0.39 is 6.04 Å². The summed E-state index contributed by atoms with van der Waals surface area (Å²) in [6.07, 6.45) is 7.22. The average molecular weight is 430 g/mol. The smallest absolute Gasteiger partial charge is 0.251 e. The number of benzene rings is 1. The van der Waals surface area contributed by atoms with Gasteiger partial charge in [0.2, 0.25) is 5.91 Å². The Balaban J connectivity index is 1.42. The molecule has 6 rings (SSSR count). The normalized spacial score (nSPS) is 34.1. The summed E-state index contributed by atoms with van der Waals surface area (Å²) in [5, 5.41) is 3.84. The monoisotopic (exact) mass is 429 g/mol.